The summed E-state index contributed by atoms with van der Waals surface area (Å²) in [5.74, 6) is 2.39. The topological polar surface area (TPSA) is 128 Å². The number of nitrogens with one attached hydrogen (secondary N) is 4. The average molecular weight is 448 g/mol. The molecule has 2 heterocycles. The van der Waals surface area contributed by atoms with Gasteiger partial charge < -0.3 is 31.2 Å². The van der Waals surface area contributed by atoms with Crippen LogP contribution < -0.4 is 20.7 Å². The summed E-state index contributed by atoms with van der Waals surface area (Å²) in [4.78, 5) is 13.5. The molecule has 5 N–H and O–H groups in total. The zero-order valence-electron chi connectivity index (χ0n) is 18.6. The zero-order chi connectivity index (χ0) is 23.0. The highest BCUT2D eigenvalue weighted by Crippen LogP contribution is 2.31. The number of rotatable bonds is 12. The third-order valence-corrected chi connectivity index (χ3v) is 5.19. The number of likely N-dealkylation sites (N-methyl/N-ethyl adjacent to an activating group) is 1. The first-order chi connectivity index (χ1) is 16.2. The molecule has 1 fully saturated rings. The van der Waals surface area contributed by atoms with Crippen molar-refractivity contribution in [3.63, 3.8) is 0 Å². The molecule has 0 bridgehead atoms. The van der Waals surface area contributed by atoms with E-state index in [1.807, 2.05) is 36.4 Å². The highest BCUT2D eigenvalue weighted by Gasteiger charge is 2.24. The maximum atomic E-state index is 9.92. The van der Waals surface area contributed by atoms with Crippen LogP contribution in [0.5, 0.6) is 5.75 Å². The lowest BCUT2D eigenvalue weighted by Crippen LogP contribution is -2.29. The van der Waals surface area contributed by atoms with Crippen molar-refractivity contribution in [1.82, 2.24) is 20.3 Å². The predicted octanol–water partition coefficient (Wildman–Crippen LogP) is 2.68. The summed E-state index contributed by atoms with van der Waals surface area (Å²) in [7, 11) is 1.78. The van der Waals surface area contributed by atoms with Gasteiger partial charge in [-0.3, -0.25) is 4.98 Å². The minimum Gasteiger partial charge on any atom is -0.491 e. The minimum atomic E-state index is -0.597. The van der Waals surface area contributed by atoms with Gasteiger partial charge in [0, 0.05) is 43.3 Å². The van der Waals surface area contributed by atoms with E-state index in [9.17, 15) is 5.11 Å². The van der Waals surface area contributed by atoms with E-state index in [0.29, 0.717) is 47.9 Å². The molecule has 4 rings (SSSR count). The van der Waals surface area contributed by atoms with Crippen molar-refractivity contribution in [3.05, 3.63) is 59.9 Å². The Bertz CT molecular complexity index is 1070. The van der Waals surface area contributed by atoms with Gasteiger partial charge in [-0.15, -0.1) is 0 Å². The monoisotopic (exact) mass is 447 g/mol. The molecule has 0 radical (unpaired) electrons. The van der Waals surface area contributed by atoms with Gasteiger partial charge in [0.15, 0.2) is 5.82 Å². The van der Waals surface area contributed by atoms with Crippen molar-refractivity contribution in [2.45, 2.75) is 31.5 Å². The standard InChI is InChI=1S/C24H29N7O2/c1-26-14-19(32)15-33-20-4-2-3-17(11-20)22-30-23(28-13-16-7-9-27-10-8-16)21(12-25)24(31-22)29-18-5-6-18/h2-4,7-12,18-19,25-26,32H,5-6,13-15H2,1H3,(H2,28,29,30,31). The van der Waals surface area contributed by atoms with Crippen LogP contribution in [-0.4, -0.2) is 58.6 Å². The van der Waals surface area contributed by atoms with Gasteiger partial charge in [-0.25, -0.2) is 9.97 Å². The Kier molecular flexibility index (Phi) is 7.43. The first-order valence-corrected chi connectivity index (χ1v) is 11.0. The second kappa shape index (κ2) is 10.8. The summed E-state index contributed by atoms with van der Waals surface area (Å²) in [6, 6.07) is 11.7. The Labute approximate surface area is 193 Å². The van der Waals surface area contributed by atoms with E-state index in [4.69, 9.17) is 20.1 Å². The summed E-state index contributed by atoms with van der Waals surface area (Å²) in [6.45, 7) is 1.19. The van der Waals surface area contributed by atoms with Crippen molar-refractivity contribution >= 4 is 17.9 Å². The Morgan fingerprint density at radius 2 is 1.97 bits per heavy atom. The molecular formula is C24H29N7O2. The molecule has 0 aliphatic heterocycles. The van der Waals surface area contributed by atoms with E-state index in [0.717, 1.165) is 24.0 Å². The van der Waals surface area contributed by atoms with Gasteiger partial charge in [0.25, 0.3) is 0 Å². The van der Waals surface area contributed by atoms with Crippen LogP contribution in [0.1, 0.15) is 24.0 Å². The van der Waals surface area contributed by atoms with Crippen molar-refractivity contribution in [1.29, 1.82) is 5.41 Å². The van der Waals surface area contributed by atoms with Crippen molar-refractivity contribution in [2.24, 2.45) is 0 Å². The van der Waals surface area contributed by atoms with Crippen molar-refractivity contribution in [3.8, 4) is 17.1 Å². The normalized spacial score (nSPS) is 13.9. The fourth-order valence-corrected chi connectivity index (χ4v) is 3.30. The molecule has 1 unspecified atom stereocenters. The van der Waals surface area contributed by atoms with Crippen LogP contribution in [0.3, 0.4) is 0 Å². The summed E-state index contributed by atoms with van der Waals surface area (Å²) in [5.41, 5.74) is 2.48. The van der Waals surface area contributed by atoms with E-state index in [1.54, 1.807) is 19.4 Å². The van der Waals surface area contributed by atoms with E-state index < -0.39 is 6.10 Å². The van der Waals surface area contributed by atoms with Gasteiger partial charge in [-0.05, 0) is 49.7 Å². The number of aliphatic hydroxyl groups excluding tert-OH is 1. The number of aromatic nitrogens is 3. The smallest absolute Gasteiger partial charge is 0.164 e. The molecule has 3 aromatic rings. The Hall–Kier alpha value is -3.56. The Morgan fingerprint density at radius 1 is 1.18 bits per heavy atom. The van der Waals surface area contributed by atoms with Crippen molar-refractivity contribution < 1.29 is 9.84 Å². The fourth-order valence-electron chi connectivity index (χ4n) is 3.30. The predicted molar refractivity (Wildman–Crippen MR) is 129 cm³/mol. The SMILES string of the molecule is CNCC(O)COc1cccc(-c2nc(NCc3ccncc3)c(C=N)c(NC3CC3)n2)c1. The van der Waals surface area contributed by atoms with Crippen LogP contribution in [-0.2, 0) is 6.54 Å². The van der Waals surface area contributed by atoms with Gasteiger partial charge in [-0.2, -0.15) is 0 Å². The molecule has 0 saturated heterocycles. The van der Waals surface area contributed by atoms with E-state index in [-0.39, 0.29) is 6.61 Å². The number of aliphatic hydroxyl groups is 1. The maximum Gasteiger partial charge on any atom is 0.164 e. The lowest BCUT2D eigenvalue weighted by Gasteiger charge is -2.16. The molecule has 9 heteroatoms. The van der Waals surface area contributed by atoms with Crippen molar-refractivity contribution in [2.75, 3.05) is 30.8 Å². The molecule has 172 valence electrons. The molecule has 0 spiro atoms. The molecule has 1 atom stereocenters. The van der Waals surface area contributed by atoms with E-state index in [2.05, 4.69) is 20.9 Å². The third-order valence-electron chi connectivity index (χ3n) is 5.19. The van der Waals surface area contributed by atoms with Crippen LogP contribution in [0.15, 0.2) is 48.8 Å². The molecule has 2 aromatic heterocycles. The number of ether oxygens (including phenoxy) is 1. The lowest BCUT2D eigenvalue weighted by atomic mass is 10.2. The largest absolute Gasteiger partial charge is 0.491 e. The Morgan fingerprint density at radius 3 is 2.70 bits per heavy atom. The number of anilines is 2. The maximum absolute atomic E-state index is 9.92. The molecule has 1 aliphatic rings. The number of hydrogen-bond acceptors (Lipinski definition) is 9. The van der Waals surface area contributed by atoms with Crippen LogP contribution in [0.25, 0.3) is 11.4 Å². The quantitative estimate of drug-likeness (QED) is 0.268. The second-order valence-corrected chi connectivity index (χ2v) is 7.98. The molecule has 33 heavy (non-hydrogen) atoms. The van der Waals surface area contributed by atoms with E-state index in [1.165, 1.54) is 6.21 Å². The van der Waals surface area contributed by atoms with Gasteiger partial charge in [0.2, 0.25) is 0 Å². The van der Waals surface area contributed by atoms with Crippen LogP contribution in [0.2, 0.25) is 0 Å². The van der Waals surface area contributed by atoms with Gasteiger partial charge in [-0.1, -0.05) is 12.1 Å². The first kappa shape index (κ1) is 22.6. The molecule has 1 saturated carbocycles. The summed E-state index contributed by atoms with van der Waals surface area (Å²) < 4.78 is 5.75. The molecule has 0 amide bonds. The van der Waals surface area contributed by atoms with Crippen LogP contribution in [0.4, 0.5) is 11.6 Å². The second-order valence-electron chi connectivity index (χ2n) is 7.98. The zero-order valence-corrected chi connectivity index (χ0v) is 18.6. The van der Waals surface area contributed by atoms with Crippen LogP contribution >= 0.6 is 0 Å². The summed E-state index contributed by atoms with van der Waals surface area (Å²) >= 11 is 0. The summed E-state index contributed by atoms with van der Waals surface area (Å²) in [5, 5.41) is 27.6. The molecule has 1 aromatic carbocycles. The number of nitrogens with zero attached hydrogens (tertiary/aromatic N) is 3. The van der Waals surface area contributed by atoms with Crippen LogP contribution in [0, 0.1) is 5.41 Å². The third kappa shape index (κ3) is 6.24. The molecule has 1 aliphatic carbocycles. The molecule has 9 nitrogen and oxygen atoms in total. The number of benzene rings is 1. The number of pyridine rings is 1. The molecular weight excluding hydrogens is 418 g/mol. The van der Waals surface area contributed by atoms with Gasteiger partial charge in [0.05, 0.1) is 5.56 Å². The van der Waals surface area contributed by atoms with Gasteiger partial charge in [0.1, 0.15) is 30.1 Å². The number of hydrogen-bond donors (Lipinski definition) is 5. The Balaban J connectivity index is 1.61. The lowest BCUT2D eigenvalue weighted by molar-refractivity contribution is 0.108. The minimum absolute atomic E-state index is 0.186. The highest BCUT2D eigenvalue weighted by atomic mass is 16.5. The highest BCUT2D eigenvalue weighted by molar-refractivity contribution is 5.91. The summed E-state index contributed by atoms with van der Waals surface area (Å²) in [6.07, 6.45) is 6.37. The van der Waals surface area contributed by atoms with Gasteiger partial charge >= 0.3 is 0 Å². The average Bonchev–Trinajstić information content (AvgIpc) is 3.66. The van der Waals surface area contributed by atoms with E-state index >= 15 is 0 Å². The first-order valence-electron chi connectivity index (χ1n) is 11.0. The fraction of sp³-hybridized carbons (Fsp3) is 0.333.